The molecule has 4 atom stereocenters. The monoisotopic (exact) mass is 382 g/mol. The van der Waals surface area contributed by atoms with Crippen LogP contribution in [-0.4, -0.2) is 26.2 Å². The van der Waals surface area contributed by atoms with E-state index in [-0.39, 0.29) is 17.9 Å². The zero-order chi connectivity index (χ0) is 16.6. The standard InChI is InChI=1S/C17H23BrN2O3/c1-22-13-6-9(5-12(18)16(13)23-2)8-20-17(21)14-10-3-4-11(7-10)15(14)19/h5-6,10-11,14-15H,3-4,7-8,19H2,1-2H3,(H,20,21). The second-order valence-electron chi connectivity index (χ2n) is 6.47. The molecule has 126 valence electrons. The van der Waals surface area contributed by atoms with E-state index in [0.717, 1.165) is 22.9 Å². The second kappa shape index (κ2) is 6.69. The maximum atomic E-state index is 12.5. The van der Waals surface area contributed by atoms with Crippen molar-refractivity contribution >= 4 is 21.8 Å². The molecule has 3 N–H and O–H groups in total. The van der Waals surface area contributed by atoms with Crippen molar-refractivity contribution in [2.45, 2.75) is 31.8 Å². The van der Waals surface area contributed by atoms with Gasteiger partial charge in [-0.3, -0.25) is 4.79 Å². The van der Waals surface area contributed by atoms with E-state index in [0.29, 0.717) is 29.9 Å². The molecule has 0 spiro atoms. The number of nitrogens with two attached hydrogens (primary N) is 1. The number of carbonyl (C=O) groups excluding carboxylic acids is 1. The zero-order valence-corrected chi connectivity index (χ0v) is 15.1. The Morgan fingerprint density at radius 1 is 1.30 bits per heavy atom. The van der Waals surface area contributed by atoms with Gasteiger partial charge in [0.1, 0.15) is 0 Å². The first-order chi connectivity index (χ1) is 11.0. The molecule has 4 unspecified atom stereocenters. The molecular formula is C17H23BrN2O3. The van der Waals surface area contributed by atoms with Crippen molar-refractivity contribution < 1.29 is 14.3 Å². The number of carbonyl (C=O) groups is 1. The van der Waals surface area contributed by atoms with Gasteiger partial charge in [-0.1, -0.05) is 0 Å². The Morgan fingerprint density at radius 3 is 2.65 bits per heavy atom. The minimum absolute atomic E-state index is 0.0193. The number of nitrogens with one attached hydrogen (secondary N) is 1. The number of fused-ring (bicyclic) bond motifs is 2. The van der Waals surface area contributed by atoms with E-state index < -0.39 is 0 Å². The van der Waals surface area contributed by atoms with Gasteiger partial charge in [0.2, 0.25) is 5.91 Å². The predicted molar refractivity (Wildman–Crippen MR) is 91.4 cm³/mol. The molecule has 2 aliphatic carbocycles. The lowest BCUT2D eigenvalue weighted by molar-refractivity contribution is -0.127. The molecule has 0 heterocycles. The Bertz CT molecular complexity index is 606. The highest BCUT2D eigenvalue weighted by Crippen LogP contribution is 2.47. The number of benzene rings is 1. The third-order valence-electron chi connectivity index (χ3n) is 5.24. The highest BCUT2D eigenvalue weighted by Gasteiger charge is 2.48. The van der Waals surface area contributed by atoms with Crippen molar-refractivity contribution in [3.8, 4) is 11.5 Å². The number of rotatable bonds is 5. The second-order valence-corrected chi connectivity index (χ2v) is 7.32. The van der Waals surface area contributed by atoms with Crippen LogP contribution in [-0.2, 0) is 11.3 Å². The predicted octanol–water partition coefficient (Wildman–Crippen LogP) is 2.46. The Balaban J connectivity index is 1.66. The molecule has 3 rings (SSSR count). The zero-order valence-electron chi connectivity index (χ0n) is 13.5. The van der Waals surface area contributed by atoms with Crippen molar-refractivity contribution in [2.75, 3.05) is 14.2 Å². The molecule has 2 fully saturated rings. The molecule has 1 amide bonds. The first-order valence-electron chi connectivity index (χ1n) is 7.98. The van der Waals surface area contributed by atoms with Gasteiger partial charge in [0.15, 0.2) is 11.5 Å². The first kappa shape index (κ1) is 16.6. The Hall–Kier alpha value is -1.27. The molecule has 0 radical (unpaired) electrons. The van der Waals surface area contributed by atoms with Crippen LogP contribution < -0.4 is 20.5 Å². The van der Waals surface area contributed by atoms with Crippen LogP contribution in [0.4, 0.5) is 0 Å². The molecule has 2 bridgehead atoms. The number of hydrogen-bond acceptors (Lipinski definition) is 4. The SMILES string of the molecule is COc1cc(CNC(=O)C2C3CCC(C3)C2N)cc(Br)c1OC. The number of ether oxygens (including phenoxy) is 2. The van der Waals surface area contributed by atoms with Crippen LogP contribution in [0.25, 0.3) is 0 Å². The summed E-state index contributed by atoms with van der Waals surface area (Å²) < 4.78 is 11.4. The lowest BCUT2D eigenvalue weighted by Crippen LogP contribution is -2.45. The number of halogens is 1. The fourth-order valence-corrected chi connectivity index (χ4v) is 4.76. The molecule has 0 aromatic heterocycles. The third-order valence-corrected chi connectivity index (χ3v) is 5.83. The highest BCUT2D eigenvalue weighted by molar-refractivity contribution is 9.10. The minimum Gasteiger partial charge on any atom is -0.493 e. The van der Waals surface area contributed by atoms with Gasteiger partial charge < -0.3 is 20.5 Å². The fraction of sp³-hybridized carbons (Fsp3) is 0.588. The maximum absolute atomic E-state index is 12.5. The van der Waals surface area contributed by atoms with E-state index in [1.165, 1.54) is 6.42 Å². The van der Waals surface area contributed by atoms with Crippen LogP contribution in [0.2, 0.25) is 0 Å². The quantitative estimate of drug-likeness (QED) is 0.819. The molecule has 23 heavy (non-hydrogen) atoms. The van der Waals surface area contributed by atoms with Gasteiger partial charge in [-0.25, -0.2) is 0 Å². The average Bonchev–Trinajstić information content (AvgIpc) is 3.13. The lowest BCUT2D eigenvalue weighted by Gasteiger charge is -2.27. The van der Waals surface area contributed by atoms with Gasteiger partial charge >= 0.3 is 0 Å². The smallest absolute Gasteiger partial charge is 0.225 e. The van der Waals surface area contributed by atoms with Crippen molar-refractivity contribution in [2.24, 2.45) is 23.5 Å². The molecular weight excluding hydrogens is 360 g/mol. The summed E-state index contributed by atoms with van der Waals surface area (Å²) in [4.78, 5) is 12.5. The molecule has 2 saturated carbocycles. The van der Waals surface area contributed by atoms with Crippen LogP contribution in [0, 0.1) is 17.8 Å². The molecule has 1 aromatic rings. The Labute approximate surface area is 145 Å². The number of methoxy groups -OCH3 is 2. The molecule has 0 aliphatic heterocycles. The van der Waals surface area contributed by atoms with Crippen LogP contribution in [0.3, 0.4) is 0 Å². The van der Waals surface area contributed by atoms with Gasteiger partial charge in [-0.15, -0.1) is 0 Å². The summed E-state index contributed by atoms with van der Waals surface area (Å²) in [6.45, 7) is 0.457. The van der Waals surface area contributed by atoms with Crippen molar-refractivity contribution in [3.05, 3.63) is 22.2 Å². The largest absolute Gasteiger partial charge is 0.493 e. The van der Waals surface area contributed by atoms with E-state index in [2.05, 4.69) is 21.2 Å². The molecule has 0 saturated heterocycles. The summed E-state index contributed by atoms with van der Waals surface area (Å²) in [5.74, 6) is 2.34. The lowest BCUT2D eigenvalue weighted by atomic mass is 9.84. The fourth-order valence-electron chi connectivity index (χ4n) is 4.11. The summed E-state index contributed by atoms with van der Waals surface area (Å²) in [5.41, 5.74) is 7.19. The molecule has 5 nitrogen and oxygen atoms in total. The summed E-state index contributed by atoms with van der Waals surface area (Å²) in [5, 5.41) is 3.04. The van der Waals surface area contributed by atoms with Crippen LogP contribution in [0.1, 0.15) is 24.8 Å². The molecule has 6 heteroatoms. The van der Waals surface area contributed by atoms with Crippen molar-refractivity contribution in [1.29, 1.82) is 0 Å². The van der Waals surface area contributed by atoms with E-state index in [4.69, 9.17) is 15.2 Å². The van der Waals surface area contributed by atoms with Gasteiger partial charge in [-0.2, -0.15) is 0 Å². The Kier molecular flexibility index (Phi) is 4.82. The van der Waals surface area contributed by atoms with Crippen LogP contribution in [0.15, 0.2) is 16.6 Å². The minimum atomic E-state index is -0.0302. The van der Waals surface area contributed by atoms with Gasteiger partial charge in [0, 0.05) is 12.6 Å². The summed E-state index contributed by atoms with van der Waals surface area (Å²) in [7, 11) is 3.20. The van der Waals surface area contributed by atoms with E-state index in [1.807, 2.05) is 12.1 Å². The van der Waals surface area contributed by atoms with Gasteiger partial charge in [-0.05, 0) is 64.7 Å². The average molecular weight is 383 g/mol. The van der Waals surface area contributed by atoms with E-state index in [1.54, 1.807) is 14.2 Å². The summed E-state index contributed by atoms with van der Waals surface area (Å²) >= 11 is 3.47. The van der Waals surface area contributed by atoms with Crippen LogP contribution in [0.5, 0.6) is 11.5 Å². The van der Waals surface area contributed by atoms with Crippen molar-refractivity contribution in [1.82, 2.24) is 5.32 Å². The van der Waals surface area contributed by atoms with E-state index >= 15 is 0 Å². The molecule has 2 aliphatic rings. The van der Waals surface area contributed by atoms with Gasteiger partial charge in [0.25, 0.3) is 0 Å². The first-order valence-corrected chi connectivity index (χ1v) is 8.78. The third kappa shape index (κ3) is 3.06. The van der Waals surface area contributed by atoms with Crippen LogP contribution >= 0.6 is 15.9 Å². The van der Waals surface area contributed by atoms with E-state index in [9.17, 15) is 4.79 Å². The maximum Gasteiger partial charge on any atom is 0.225 e. The molecule has 1 aromatic carbocycles. The normalized spacial score (nSPS) is 28.7. The number of amides is 1. The number of hydrogen-bond donors (Lipinski definition) is 2. The summed E-state index contributed by atoms with van der Waals surface area (Å²) in [6.07, 6.45) is 3.43. The topological polar surface area (TPSA) is 73.6 Å². The van der Waals surface area contributed by atoms with Crippen molar-refractivity contribution in [3.63, 3.8) is 0 Å². The highest BCUT2D eigenvalue weighted by atomic mass is 79.9. The van der Waals surface area contributed by atoms with Gasteiger partial charge in [0.05, 0.1) is 24.6 Å². The summed E-state index contributed by atoms with van der Waals surface area (Å²) in [6, 6.07) is 3.83. The Morgan fingerprint density at radius 2 is 2.04 bits per heavy atom.